The van der Waals surface area contributed by atoms with Crippen molar-refractivity contribution in [1.29, 1.82) is 0 Å². The molecule has 1 aliphatic carbocycles. The molecule has 2 N–H and O–H groups in total. The van der Waals surface area contributed by atoms with Crippen molar-refractivity contribution in [2.24, 2.45) is 5.73 Å². The van der Waals surface area contributed by atoms with E-state index in [-0.39, 0.29) is 17.9 Å². The number of ether oxygens (including phenoxy) is 1. The molecule has 0 spiro atoms. The van der Waals surface area contributed by atoms with Crippen molar-refractivity contribution >= 4 is 0 Å². The van der Waals surface area contributed by atoms with Gasteiger partial charge in [-0.3, -0.25) is 0 Å². The van der Waals surface area contributed by atoms with Gasteiger partial charge < -0.3 is 10.5 Å². The zero-order chi connectivity index (χ0) is 11.7. The lowest BCUT2D eigenvalue weighted by atomic mass is 10.2. The topological polar surface area (TPSA) is 35.2 Å². The van der Waals surface area contributed by atoms with Gasteiger partial charge in [0, 0.05) is 18.2 Å². The van der Waals surface area contributed by atoms with Crippen molar-refractivity contribution in [1.82, 2.24) is 0 Å². The fourth-order valence-electron chi connectivity index (χ4n) is 1.87. The predicted molar refractivity (Wildman–Crippen MR) is 52.6 cm³/mol. The fourth-order valence-corrected chi connectivity index (χ4v) is 1.87. The Morgan fingerprint density at radius 1 is 1.12 bits per heavy atom. The summed E-state index contributed by atoms with van der Waals surface area (Å²) in [6.07, 6.45) is 2.10. The molecule has 2 rings (SSSR count). The van der Waals surface area contributed by atoms with Crippen LogP contribution in [0, 0.1) is 17.5 Å². The second-order valence-electron chi connectivity index (χ2n) is 4.01. The van der Waals surface area contributed by atoms with Crippen molar-refractivity contribution < 1.29 is 17.9 Å². The molecule has 0 bridgehead atoms. The van der Waals surface area contributed by atoms with Crippen LogP contribution in [0.3, 0.4) is 0 Å². The van der Waals surface area contributed by atoms with Crippen molar-refractivity contribution in [3.63, 3.8) is 0 Å². The van der Waals surface area contributed by atoms with Crippen LogP contribution in [0.4, 0.5) is 13.2 Å². The Morgan fingerprint density at radius 3 is 2.25 bits per heavy atom. The number of hydrogen-bond donors (Lipinski definition) is 1. The number of halogens is 3. The average Bonchev–Trinajstić information content (AvgIpc) is 2.60. The van der Waals surface area contributed by atoms with Gasteiger partial charge >= 0.3 is 0 Å². The first kappa shape index (κ1) is 11.3. The Morgan fingerprint density at radius 2 is 1.75 bits per heavy atom. The molecule has 1 fully saturated rings. The standard InChI is InChI=1S/C11H12F3NO/c12-9-4-8(5-10(13)11(9)14)16-7-2-1-6(15)3-7/h4-7H,1-3,15H2/t6-,7-/m1/s1. The van der Waals surface area contributed by atoms with Gasteiger partial charge in [0.1, 0.15) is 11.9 Å². The zero-order valence-electron chi connectivity index (χ0n) is 8.55. The Balaban J connectivity index is 2.10. The van der Waals surface area contributed by atoms with Gasteiger partial charge in [0.15, 0.2) is 17.5 Å². The van der Waals surface area contributed by atoms with Crippen LogP contribution in [0.5, 0.6) is 5.75 Å². The van der Waals surface area contributed by atoms with E-state index in [0.29, 0.717) is 6.42 Å². The summed E-state index contributed by atoms with van der Waals surface area (Å²) in [5, 5.41) is 0. The van der Waals surface area contributed by atoms with Crippen LogP contribution in [0.25, 0.3) is 0 Å². The van der Waals surface area contributed by atoms with Crippen LogP contribution in [0.15, 0.2) is 12.1 Å². The SMILES string of the molecule is N[C@@H]1CC[C@@H](Oc2cc(F)c(F)c(F)c2)C1. The molecule has 1 aromatic carbocycles. The number of benzene rings is 1. The van der Waals surface area contributed by atoms with Crippen molar-refractivity contribution in [3.8, 4) is 5.75 Å². The third-order valence-electron chi connectivity index (χ3n) is 2.69. The first-order valence-electron chi connectivity index (χ1n) is 5.13. The monoisotopic (exact) mass is 231 g/mol. The molecule has 0 heterocycles. The first-order valence-corrected chi connectivity index (χ1v) is 5.13. The summed E-state index contributed by atoms with van der Waals surface area (Å²) in [7, 11) is 0. The summed E-state index contributed by atoms with van der Waals surface area (Å²) in [5.41, 5.74) is 5.67. The molecule has 0 unspecified atom stereocenters. The van der Waals surface area contributed by atoms with E-state index in [0.717, 1.165) is 25.0 Å². The lowest BCUT2D eigenvalue weighted by Crippen LogP contribution is -2.19. The molecule has 88 valence electrons. The van der Waals surface area contributed by atoms with E-state index < -0.39 is 17.5 Å². The highest BCUT2D eigenvalue weighted by Crippen LogP contribution is 2.25. The zero-order valence-corrected chi connectivity index (χ0v) is 8.55. The Kier molecular flexibility index (Phi) is 3.05. The lowest BCUT2D eigenvalue weighted by Gasteiger charge is -2.13. The van der Waals surface area contributed by atoms with Crippen LogP contribution < -0.4 is 10.5 Å². The summed E-state index contributed by atoms with van der Waals surface area (Å²) in [5.74, 6) is -3.94. The summed E-state index contributed by atoms with van der Waals surface area (Å²) in [6, 6.07) is 1.77. The molecule has 0 radical (unpaired) electrons. The van der Waals surface area contributed by atoms with E-state index in [1.165, 1.54) is 0 Å². The van der Waals surface area contributed by atoms with Crippen LogP contribution in [-0.2, 0) is 0 Å². The summed E-state index contributed by atoms with van der Waals surface area (Å²) >= 11 is 0. The lowest BCUT2D eigenvalue weighted by molar-refractivity contribution is 0.205. The van der Waals surface area contributed by atoms with Crippen LogP contribution >= 0.6 is 0 Å². The molecule has 1 aromatic rings. The molecule has 16 heavy (non-hydrogen) atoms. The van der Waals surface area contributed by atoms with E-state index in [2.05, 4.69) is 0 Å². The molecule has 0 saturated heterocycles. The van der Waals surface area contributed by atoms with Crippen LogP contribution in [0.2, 0.25) is 0 Å². The highest BCUT2D eigenvalue weighted by atomic mass is 19.2. The van der Waals surface area contributed by atoms with Gasteiger partial charge in [-0.15, -0.1) is 0 Å². The van der Waals surface area contributed by atoms with Gasteiger partial charge in [-0.05, 0) is 19.3 Å². The fraction of sp³-hybridized carbons (Fsp3) is 0.455. The summed E-state index contributed by atoms with van der Waals surface area (Å²) in [4.78, 5) is 0. The van der Waals surface area contributed by atoms with Crippen molar-refractivity contribution in [2.45, 2.75) is 31.4 Å². The normalized spacial score (nSPS) is 24.8. The van der Waals surface area contributed by atoms with E-state index >= 15 is 0 Å². The van der Waals surface area contributed by atoms with Crippen molar-refractivity contribution in [3.05, 3.63) is 29.6 Å². The van der Waals surface area contributed by atoms with E-state index in [4.69, 9.17) is 10.5 Å². The third-order valence-corrected chi connectivity index (χ3v) is 2.69. The summed E-state index contributed by atoms with van der Waals surface area (Å²) < 4.78 is 43.7. The maximum atomic E-state index is 12.9. The van der Waals surface area contributed by atoms with E-state index in [9.17, 15) is 13.2 Å². The highest BCUT2D eigenvalue weighted by molar-refractivity contribution is 5.25. The van der Waals surface area contributed by atoms with Crippen LogP contribution in [-0.4, -0.2) is 12.1 Å². The molecule has 2 nitrogen and oxygen atoms in total. The summed E-state index contributed by atoms with van der Waals surface area (Å²) in [6.45, 7) is 0. The molecule has 1 aliphatic rings. The molecule has 0 amide bonds. The molecule has 5 heteroatoms. The van der Waals surface area contributed by atoms with Gasteiger partial charge in [0.25, 0.3) is 0 Å². The molecule has 0 aromatic heterocycles. The minimum absolute atomic E-state index is 0.00972. The maximum absolute atomic E-state index is 12.9. The Bertz CT molecular complexity index is 374. The average molecular weight is 231 g/mol. The van der Waals surface area contributed by atoms with Gasteiger partial charge in [-0.2, -0.15) is 0 Å². The molecule has 1 saturated carbocycles. The minimum Gasteiger partial charge on any atom is -0.490 e. The number of rotatable bonds is 2. The smallest absolute Gasteiger partial charge is 0.194 e. The Hall–Kier alpha value is -1.23. The maximum Gasteiger partial charge on any atom is 0.194 e. The number of nitrogens with two attached hydrogens (primary N) is 1. The molecule has 2 atom stereocenters. The second kappa shape index (κ2) is 4.33. The molecular formula is C11H12F3NO. The first-order chi connectivity index (χ1) is 7.56. The van der Waals surface area contributed by atoms with Gasteiger partial charge in [0.2, 0.25) is 0 Å². The molecule has 0 aliphatic heterocycles. The third kappa shape index (κ3) is 2.29. The van der Waals surface area contributed by atoms with Gasteiger partial charge in [0.05, 0.1) is 0 Å². The minimum atomic E-state index is -1.48. The predicted octanol–water partition coefficient (Wildman–Crippen LogP) is 2.36. The number of hydrogen-bond acceptors (Lipinski definition) is 2. The second-order valence-corrected chi connectivity index (χ2v) is 4.01. The van der Waals surface area contributed by atoms with Gasteiger partial charge in [-0.1, -0.05) is 0 Å². The quantitative estimate of drug-likeness (QED) is 0.793. The highest BCUT2D eigenvalue weighted by Gasteiger charge is 2.24. The van der Waals surface area contributed by atoms with Crippen LogP contribution in [0.1, 0.15) is 19.3 Å². The van der Waals surface area contributed by atoms with E-state index in [1.54, 1.807) is 0 Å². The molecular weight excluding hydrogens is 219 g/mol. The van der Waals surface area contributed by atoms with Crippen molar-refractivity contribution in [2.75, 3.05) is 0 Å². The van der Waals surface area contributed by atoms with Gasteiger partial charge in [-0.25, -0.2) is 13.2 Å². The Labute approximate surface area is 91.2 Å². The van der Waals surface area contributed by atoms with E-state index in [1.807, 2.05) is 0 Å². The largest absolute Gasteiger partial charge is 0.490 e.